The first-order valence-electron chi connectivity index (χ1n) is 25.2. The van der Waals surface area contributed by atoms with Crippen molar-refractivity contribution in [2.45, 2.75) is 127 Å². The lowest BCUT2D eigenvalue weighted by Gasteiger charge is -2.27. The van der Waals surface area contributed by atoms with Gasteiger partial charge in [-0.3, -0.25) is 57.7 Å². The fraction of sp³-hybridized carbons (Fsp3) is 0.520. The van der Waals surface area contributed by atoms with Crippen molar-refractivity contribution in [1.82, 2.24) is 47.9 Å². The second kappa shape index (κ2) is 34.5. The minimum Gasteiger partial charge on any atom is -0.508 e. The molecule has 0 aliphatic rings. The van der Waals surface area contributed by atoms with E-state index >= 15 is 0 Å². The summed E-state index contributed by atoms with van der Waals surface area (Å²) in [5.41, 5.74) is 22.6. The fourth-order valence-electron chi connectivity index (χ4n) is 7.40. The van der Waals surface area contributed by atoms with Gasteiger partial charge in [0.2, 0.25) is 59.1 Å². The summed E-state index contributed by atoms with van der Waals surface area (Å²) < 4.78 is 0. The monoisotopic (exact) mass is 1130 g/mol. The molecule has 28 nitrogen and oxygen atoms in total. The van der Waals surface area contributed by atoms with E-state index in [9.17, 15) is 63.0 Å². The summed E-state index contributed by atoms with van der Waals surface area (Å²) in [4.78, 5) is 149. The van der Waals surface area contributed by atoms with Gasteiger partial charge in [0.15, 0.2) is 5.96 Å². The third kappa shape index (κ3) is 26.1. The molecule has 0 fully saturated rings. The Hall–Kier alpha value is -8.21. The molecule has 2 rings (SSSR count). The summed E-state index contributed by atoms with van der Waals surface area (Å²) in [5, 5.41) is 51.3. The molecule has 0 spiro atoms. The minimum absolute atomic E-state index is 0.00577. The molecule has 0 saturated heterocycles. The number of hydrogen-bond acceptors (Lipinski definition) is 16. The van der Waals surface area contributed by atoms with E-state index in [1.807, 2.05) is 0 Å². The first kappa shape index (κ1) is 66.9. The Labute approximate surface area is 461 Å². The Kier molecular flexibility index (Phi) is 29.2. The van der Waals surface area contributed by atoms with Crippen LogP contribution in [-0.4, -0.2) is 166 Å². The van der Waals surface area contributed by atoms with E-state index in [0.29, 0.717) is 16.9 Å². The van der Waals surface area contributed by atoms with Gasteiger partial charge >= 0.3 is 5.97 Å². The lowest BCUT2D eigenvalue weighted by Crippen LogP contribution is -2.60. The predicted octanol–water partition coefficient (Wildman–Crippen LogP) is -3.92. The third-order valence-electron chi connectivity index (χ3n) is 11.6. The van der Waals surface area contributed by atoms with Gasteiger partial charge in [0, 0.05) is 25.8 Å². The lowest BCUT2D eigenvalue weighted by molar-refractivity contribution is -0.138. The normalized spacial score (nSPS) is 13.9. The van der Waals surface area contributed by atoms with E-state index in [4.69, 9.17) is 28.0 Å². The number of carbonyl (C=O) groups excluding carboxylic acids is 10. The Balaban J connectivity index is 2.37. The number of nitrogens with zero attached hydrogens (tertiary/aromatic N) is 1. The van der Waals surface area contributed by atoms with E-state index in [1.165, 1.54) is 62.0 Å². The molecule has 0 saturated carbocycles. The zero-order valence-corrected chi connectivity index (χ0v) is 45.6. The highest BCUT2D eigenvalue weighted by atomic mass is 32.2. The predicted molar refractivity (Wildman–Crippen MR) is 291 cm³/mol. The number of thioether (sulfide) groups is 1. The van der Waals surface area contributed by atoms with Crippen LogP contribution < -0.4 is 70.8 Å². The molecule has 29 heteroatoms. The smallest absolute Gasteiger partial charge is 0.322 e. The molecule has 0 aromatic heterocycles. The Morgan fingerprint density at radius 2 is 0.962 bits per heavy atom. The van der Waals surface area contributed by atoms with E-state index in [1.54, 1.807) is 32.2 Å². The van der Waals surface area contributed by atoms with Gasteiger partial charge in [-0.05, 0) is 99.3 Å². The first-order chi connectivity index (χ1) is 37.2. The van der Waals surface area contributed by atoms with E-state index in [0.717, 1.165) is 0 Å². The number of aromatic hydroxyl groups is 2. The molecule has 0 unspecified atom stereocenters. The summed E-state index contributed by atoms with van der Waals surface area (Å²) >= 11 is 1.32. The zero-order valence-electron chi connectivity index (χ0n) is 44.8. The number of aliphatic carboxylic acids is 1. The number of benzene rings is 2. The maximum absolute atomic E-state index is 14.3. The van der Waals surface area contributed by atoms with Crippen molar-refractivity contribution in [3.63, 3.8) is 0 Å². The highest BCUT2D eigenvalue weighted by molar-refractivity contribution is 7.98. The second-order valence-electron chi connectivity index (χ2n) is 18.8. The number of rotatable bonds is 35. The fourth-order valence-corrected chi connectivity index (χ4v) is 7.87. The molecule has 0 aliphatic heterocycles. The molecule has 20 N–H and O–H groups in total. The maximum atomic E-state index is 14.3. The Morgan fingerprint density at radius 1 is 0.544 bits per heavy atom. The number of carboxylic acids is 1. The highest BCUT2D eigenvalue weighted by Gasteiger charge is 2.34. The van der Waals surface area contributed by atoms with Crippen molar-refractivity contribution in [2.24, 2.45) is 33.8 Å². The molecule has 0 radical (unpaired) electrons. The molecular formula is C50H76N14O14S. The second-order valence-corrected chi connectivity index (χ2v) is 19.8. The SMILES string of the molecule is CSCC[C@H](NC(=O)[C@H](Cc1ccc(O)cc1)NC(=O)[C@H](CCC(N)=O)NC(=O)[C@H](C)NC(=O)[C@H](CC(C)C)NC(=O)[C@H](Cc1ccc(O)cc1)NC(=O)CN)C(=O)N[C@@H](C)C(=O)N[C@@H](CCCN=C(N)N)C(=O)NCC(=O)O. The number of carboxylic acid groups (broad SMARTS) is 1. The van der Waals surface area contributed by atoms with Gasteiger partial charge in [-0.2, -0.15) is 11.8 Å². The molecule has 2 aromatic carbocycles. The summed E-state index contributed by atoms with van der Waals surface area (Å²) in [6, 6.07) is 0.637. The summed E-state index contributed by atoms with van der Waals surface area (Å²) in [5.74, 6) is -9.98. The van der Waals surface area contributed by atoms with Crippen LogP contribution >= 0.6 is 11.8 Å². The van der Waals surface area contributed by atoms with Gasteiger partial charge in [0.05, 0.1) is 6.54 Å². The van der Waals surface area contributed by atoms with E-state index in [2.05, 4.69) is 52.8 Å². The molecule has 8 atom stereocenters. The Morgan fingerprint density at radius 3 is 1.42 bits per heavy atom. The maximum Gasteiger partial charge on any atom is 0.322 e. The van der Waals surface area contributed by atoms with Crippen molar-refractivity contribution < 1.29 is 68.1 Å². The molecule has 0 heterocycles. The van der Waals surface area contributed by atoms with Crippen molar-refractivity contribution in [3.05, 3.63) is 59.7 Å². The Bertz CT molecular complexity index is 2440. The van der Waals surface area contributed by atoms with Crippen molar-refractivity contribution in [1.29, 1.82) is 0 Å². The van der Waals surface area contributed by atoms with Crippen LogP contribution in [0.2, 0.25) is 0 Å². The van der Waals surface area contributed by atoms with Crippen LogP contribution in [0.5, 0.6) is 11.5 Å². The van der Waals surface area contributed by atoms with Crippen molar-refractivity contribution in [2.75, 3.05) is 31.6 Å². The summed E-state index contributed by atoms with van der Waals surface area (Å²) in [6.07, 6.45) is 0.878. The molecule has 436 valence electrons. The van der Waals surface area contributed by atoms with Gasteiger partial charge in [-0.1, -0.05) is 38.1 Å². The average Bonchev–Trinajstić information content (AvgIpc) is 3.39. The summed E-state index contributed by atoms with van der Waals surface area (Å²) in [6.45, 7) is 5.06. The van der Waals surface area contributed by atoms with Crippen LogP contribution in [0.1, 0.15) is 77.3 Å². The van der Waals surface area contributed by atoms with Crippen molar-refractivity contribution in [3.8, 4) is 11.5 Å². The largest absolute Gasteiger partial charge is 0.508 e. The molecule has 79 heavy (non-hydrogen) atoms. The van der Waals surface area contributed by atoms with Crippen molar-refractivity contribution >= 4 is 82.8 Å². The third-order valence-corrected chi connectivity index (χ3v) is 12.3. The number of primary amides is 1. The number of carbonyl (C=O) groups is 11. The van der Waals surface area contributed by atoms with E-state index in [-0.39, 0.29) is 74.9 Å². The van der Waals surface area contributed by atoms with Gasteiger partial charge in [-0.15, -0.1) is 0 Å². The quantitative estimate of drug-likeness (QED) is 0.0178. The standard InChI is InChI=1S/C50H76N14O14S/c1-26(2)21-36(63-48(77)37(59-40(68)24-51)22-29-8-12-31(65)13-9-29)47(76)58-28(4)43(72)61-34(16-17-39(52)67)46(75)64-38(23-30-10-14-32(66)15-11-30)49(78)62-35(18-20-79-5)45(74)57-27(3)42(71)60-33(7-6-19-55-50(53)54)44(73)56-25-41(69)70/h8-15,26-28,33-38,65-66H,6-7,16-25,51H2,1-5H3,(H2,52,67)(H,56,73)(H,57,74)(H,58,76)(H,59,68)(H,60,71)(H,61,72)(H,62,78)(H,63,77)(H,64,75)(H,69,70)(H4,53,54,55)/t27-,28-,33-,34-,35-,36-,37-,38-/m0/s1. The van der Waals surface area contributed by atoms with Crippen LogP contribution in [0.15, 0.2) is 53.5 Å². The molecular weight excluding hydrogens is 1050 g/mol. The average molecular weight is 1130 g/mol. The zero-order chi connectivity index (χ0) is 59.4. The number of phenolic OH excluding ortho intramolecular Hbond substituents is 2. The number of phenols is 2. The van der Waals surface area contributed by atoms with Crippen LogP contribution in [0, 0.1) is 5.92 Å². The van der Waals surface area contributed by atoms with E-state index < -0.39 is 133 Å². The van der Waals surface area contributed by atoms with Crippen LogP contribution in [0.3, 0.4) is 0 Å². The lowest BCUT2D eigenvalue weighted by atomic mass is 10.0. The summed E-state index contributed by atoms with van der Waals surface area (Å²) in [7, 11) is 0. The van der Waals surface area contributed by atoms with Gasteiger partial charge < -0.3 is 86.1 Å². The number of nitrogens with two attached hydrogens (primary N) is 4. The molecule has 10 amide bonds. The molecule has 2 aromatic rings. The number of guanidine groups is 1. The van der Waals surface area contributed by atoms with Gasteiger partial charge in [0.1, 0.15) is 66.4 Å². The van der Waals surface area contributed by atoms with Crippen LogP contribution in [-0.2, 0) is 65.6 Å². The molecule has 0 bridgehead atoms. The topological polar surface area (TPSA) is 473 Å². The highest BCUT2D eigenvalue weighted by Crippen LogP contribution is 2.15. The number of amides is 10. The number of aliphatic imine (C=N–C) groups is 1. The van der Waals surface area contributed by atoms with Crippen LogP contribution in [0.25, 0.3) is 0 Å². The first-order valence-corrected chi connectivity index (χ1v) is 26.6. The van der Waals surface area contributed by atoms with Gasteiger partial charge in [-0.25, -0.2) is 0 Å². The van der Waals surface area contributed by atoms with Crippen LogP contribution in [0.4, 0.5) is 0 Å². The number of nitrogens with one attached hydrogen (secondary N) is 9. The molecule has 0 aliphatic carbocycles. The minimum atomic E-state index is -1.57. The van der Waals surface area contributed by atoms with Gasteiger partial charge in [0.25, 0.3) is 0 Å². The number of hydrogen-bond donors (Lipinski definition) is 16.